The van der Waals surface area contributed by atoms with Crippen LogP contribution in [-0.2, 0) is 6.54 Å². The quantitative estimate of drug-likeness (QED) is 0.770. The summed E-state index contributed by atoms with van der Waals surface area (Å²) in [6.45, 7) is 0.435. The van der Waals surface area contributed by atoms with Gasteiger partial charge in [-0.2, -0.15) is 0 Å². The number of H-pyrrole nitrogens is 1. The number of aromatic amines is 1. The van der Waals surface area contributed by atoms with Gasteiger partial charge in [0.2, 0.25) is 0 Å². The van der Waals surface area contributed by atoms with Gasteiger partial charge >= 0.3 is 0 Å². The molecule has 0 aliphatic carbocycles. The summed E-state index contributed by atoms with van der Waals surface area (Å²) in [5.41, 5.74) is 2.27. The predicted molar refractivity (Wildman–Crippen MR) is 89.9 cm³/mol. The van der Waals surface area contributed by atoms with Gasteiger partial charge < -0.3 is 15.0 Å². The summed E-state index contributed by atoms with van der Waals surface area (Å²) in [6, 6.07) is 14.8. The van der Waals surface area contributed by atoms with Crippen LogP contribution < -0.4 is 15.6 Å². The van der Waals surface area contributed by atoms with Gasteiger partial charge in [0.05, 0.1) is 7.11 Å². The molecule has 4 nitrogen and oxygen atoms in total. The number of aromatic nitrogens is 1. The SMILES string of the molecule is COc1ccc2[nH]c(=O)c(CNc3ccc(Cl)cc3)cc2c1. The van der Waals surface area contributed by atoms with Crippen LogP contribution in [0.15, 0.2) is 53.3 Å². The van der Waals surface area contributed by atoms with Crippen LogP contribution in [-0.4, -0.2) is 12.1 Å². The monoisotopic (exact) mass is 314 g/mol. The summed E-state index contributed by atoms with van der Waals surface area (Å²) in [5.74, 6) is 0.760. The second kappa shape index (κ2) is 6.12. The molecule has 2 N–H and O–H groups in total. The number of fused-ring (bicyclic) bond motifs is 1. The zero-order chi connectivity index (χ0) is 15.5. The van der Waals surface area contributed by atoms with E-state index in [2.05, 4.69) is 10.3 Å². The van der Waals surface area contributed by atoms with Crippen LogP contribution in [0.2, 0.25) is 5.02 Å². The maximum atomic E-state index is 12.1. The van der Waals surface area contributed by atoms with Crippen LogP contribution in [0.1, 0.15) is 5.56 Å². The van der Waals surface area contributed by atoms with Gasteiger partial charge in [-0.1, -0.05) is 11.6 Å². The average Bonchev–Trinajstić information content (AvgIpc) is 2.54. The lowest BCUT2D eigenvalue weighted by Gasteiger charge is -2.08. The summed E-state index contributed by atoms with van der Waals surface area (Å²) < 4.78 is 5.21. The Morgan fingerprint density at radius 2 is 1.91 bits per heavy atom. The Bertz CT molecular complexity index is 857. The molecule has 1 heterocycles. The molecular weight excluding hydrogens is 300 g/mol. The van der Waals surface area contributed by atoms with E-state index in [9.17, 15) is 4.79 Å². The van der Waals surface area contributed by atoms with Gasteiger partial charge in [-0.25, -0.2) is 0 Å². The van der Waals surface area contributed by atoms with E-state index in [1.807, 2.05) is 36.4 Å². The minimum Gasteiger partial charge on any atom is -0.497 e. The molecule has 2 aromatic carbocycles. The maximum absolute atomic E-state index is 12.1. The molecule has 3 rings (SSSR count). The second-order valence-electron chi connectivity index (χ2n) is 4.94. The van der Waals surface area contributed by atoms with Crippen LogP contribution in [0, 0.1) is 0 Å². The Hall–Kier alpha value is -2.46. The zero-order valence-electron chi connectivity index (χ0n) is 12.0. The van der Waals surface area contributed by atoms with Crippen molar-refractivity contribution in [3.63, 3.8) is 0 Å². The molecule has 0 aliphatic heterocycles. The summed E-state index contributed by atoms with van der Waals surface area (Å²) in [6.07, 6.45) is 0. The highest BCUT2D eigenvalue weighted by Gasteiger charge is 2.04. The molecule has 0 fully saturated rings. The third kappa shape index (κ3) is 3.07. The molecule has 5 heteroatoms. The van der Waals surface area contributed by atoms with Crippen molar-refractivity contribution in [2.45, 2.75) is 6.54 Å². The van der Waals surface area contributed by atoms with Crippen LogP contribution in [0.5, 0.6) is 5.75 Å². The van der Waals surface area contributed by atoms with Crippen molar-refractivity contribution in [1.82, 2.24) is 4.98 Å². The minimum atomic E-state index is -0.0980. The fourth-order valence-corrected chi connectivity index (χ4v) is 2.38. The number of methoxy groups -OCH3 is 1. The molecule has 0 aliphatic rings. The van der Waals surface area contributed by atoms with Crippen molar-refractivity contribution in [2.24, 2.45) is 0 Å². The number of pyridine rings is 1. The molecule has 112 valence electrons. The van der Waals surface area contributed by atoms with E-state index in [-0.39, 0.29) is 5.56 Å². The Morgan fingerprint density at radius 3 is 2.64 bits per heavy atom. The fraction of sp³-hybridized carbons (Fsp3) is 0.118. The number of hydrogen-bond donors (Lipinski definition) is 2. The molecular formula is C17H15ClN2O2. The molecule has 0 unspecified atom stereocenters. The number of benzene rings is 2. The van der Waals surface area contributed by atoms with Crippen LogP contribution in [0.3, 0.4) is 0 Å². The van der Waals surface area contributed by atoms with Crippen molar-refractivity contribution in [3.05, 3.63) is 69.5 Å². The summed E-state index contributed by atoms with van der Waals surface area (Å²) in [7, 11) is 1.62. The second-order valence-corrected chi connectivity index (χ2v) is 5.37. The van der Waals surface area contributed by atoms with Crippen molar-refractivity contribution in [2.75, 3.05) is 12.4 Å². The van der Waals surface area contributed by atoms with Gasteiger partial charge in [0.25, 0.3) is 5.56 Å². The van der Waals surface area contributed by atoms with E-state index in [4.69, 9.17) is 16.3 Å². The molecule has 3 aromatic rings. The van der Waals surface area contributed by atoms with E-state index < -0.39 is 0 Å². The third-order valence-corrected chi connectivity index (χ3v) is 3.71. The lowest BCUT2D eigenvalue weighted by Crippen LogP contribution is -2.15. The molecule has 0 radical (unpaired) electrons. The van der Waals surface area contributed by atoms with Crippen molar-refractivity contribution >= 4 is 28.2 Å². The smallest absolute Gasteiger partial charge is 0.253 e. The van der Waals surface area contributed by atoms with Gasteiger partial charge in [-0.05, 0) is 48.5 Å². The first-order chi connectivity index (χ1) is 10.7. The normalized spacial score (nSPS) is 10.6. The molecule has 22 heavy (non-hydrogen) atoms. The van der Waals surface area contributed by atoms with Gasteiger partial charge in [0.1, 0.15) is 5.75 Å². The summed E-state index contributed by atoms with van der Waals surface area (Å²) in [5, 5.41) is 4.83. The highest BCUT2D eigenvalue weighted by molar-refractivity contribution is 6.30. The van der Waals surface area contributed by atoms with E-state index >= 15 is 0 Å². The van der Waals surface area contributed by atoms with Gasteiger partial charge in [0.15, 0.2) is 0 Å². The summed E-state index contributed by atoms with van der Waals surface area (Å²) >= 11 is 5.85. The standard InChI is InChI=1S/C17H15ClN2O2/c1-22-15-6-7-16-11(9-15)8-12(17(21)20-16)10-19-14-4-2-13(18)3-5-14/h2-9,19H,10H2,1H3,(H,20,21). The lowest BCUT2D eigenvalue weighted by atomic mass is 10.1. The molecule has 1 aromatic heterocycles. The van der Waals surface area contributed by atoms with E-state index in [1.54, 1.807) is 19.2 Å². The molecule has 0 saturated carbocycles. The van der Waals surface area contributed by atoms with Gasteiger partial charge in [0, 0.05) is 33.7 Å². The van der Waals surface area contributed by atoms with Crippen molar-refractivity contribution in [3.8, 4) is 5.75 Å². The van der Waals surface area contributed by atoms with E-state index in [0.29, 0.717) is 17.1 Å². The maximum Gasteiger partial charge on any atom is 0.253 e. The van der Waals surface area contributed by atoms with Gasteiger partial charge in [-0.15, -0.1) is 0 Å². The van der Waals surface area contributed by atoms with E-state index in [1.165, 1.54) is 0 Å². The Morgan fingerprint density at radius 1 is 1.14 bits per heavy atom. The first-order valence-corrected chi connectivity index (χ1v) is 7.23. The first kappa shape index (κ1) is 14.5. The number of hydrogen-bond acceptors (Lipinski definition) is 3. The number of halogens is 1. The zero-order valence-corrected chi connectivity index (χ0v) is 12.8. The fourth-order valence-electron chi connectivity index (χ4n) is 2.25. The Labute approximate surface area is 132 Å². The third-order valence-electron chi connectivity index (χ3n) is 3.46. The van der Waals surface area contributed by atoms with Crippen LogP contribution in [0.25, 0.3) is 10.9 Å². The number of ether oxygens (including phenoxy) is 1. The average molecular weight is 315 g/mol. The predicted octanol–water partition coefficient (Wildman–Crippen LogP) is 3.80. The molecule has 0 atom stereocenters. The molecule has 0 amide bonds. The van der Waals surface area contributed by atoms with Gasteiger partial charge in [-0.3, -0.25) is 4.79 Å². The van der Waals surface area contributed by atoms with Crippen LogP contribution in [0.4, 0.5) is 5.69 Å². The van der Waals surface area contributed by atoms with Crippen molar-refractivity contribution < 1.29 is 4.74 Å². The van der Waals surface area contributed by atoms with Crippen molar-refractivity contribution in [1.29, 1.82) is 0 Å². The minimum absolute atomic E-state index is 0.0980. The molecule has 0 spiro atoms. The lowest BCUT2D eigenvalue weighted by molar-refractivity contribution is 0.415. The number of nitrogens with one attached hydrogen (secondary N) is 2. The Balaban J connectivity index is 1.87. The summed E-state index contributed by atoms with van der Waals surface area (Å²) in [4.78, 5) is 15.0. The van der Waals surface area contributed by atoms with Crippen LogP contribution >= 0.6 is 11.6 Å². The number of anilines is 1. The highest BCUT2D eigenvalue weighted by atomic mass is 35.5. The van der Waals surface area contributed by atoms with E-state index in [0.717, 1.165) is 22.3 Å². The Kier molecular flexibility index (Phi) is 4.02. The molecule has 0 saturated heterocycles. The topological polar surface area (TPSA) is 54.1 Å². The largest absolute Gasteiger partial charge is 0.497 e. The first-order valence-electron chi connectivity index (χ1n) is 6.85. The molecule has 0 bridgehead atoms. The number of rotatable bonds is 4. The highest BCUT2D eigenvalue weighted by Crippen LogP contribution is 2.19.